The molecule has 0 heterocycles. The summed E-state index contributed by atoms with van der Waals surface area (Å²) in [4.78, 5) is 0. The van der Waals surface area contributed by atoms with Crippen molar-refractivity contribution in [2.75, 3.05) is 6.61 Å². The Morgan fingerprint density at radius 3 is 1.20 bits per heavy atom. The van der Waals surface area contributed by atoms with Crippen molar-refractivity contribution in [2.45, 2.75) is 142 Å². The van der Waals surface area contributed by atoms with Crippen LogP contribution in [0.15, 0.2) is 0 Å². The summed E-state index contributed by atoms with van der Waals surface area (Å²) in [6.07, 6.45) is 21.3. The van der Waals surface area contributed by atoms with Gasteiger partial charge in [-0.1, -0.05) is 117 Å². The van der Waals surface area contributed by atoms with Gasteiger partial charge in [-0.25, -0.2) is 0 Å². The van der Waals surface area contributed by atoms with Gasteiger partial charge in [0.1, 0.15) is 0 Å². The molecule has 0 N–H and O–H groups in total. The Labute approximate surface area is 161 Å². The van der Waals surface area contributed by atoms with Crippen LogP contribution < -0.4 is 0 Å². The van der Waals surface area contributed by atoms with Gasteiger partial charge < -0.3 is 4.43 Å². The van der Waals surface area contributed by atoms with Crippen LogP contribution in [0.5, 0.6) is 0 Å². The van der Waals surface area contributed by atoms with E-state index in [0.29, 0.717) is 0 Å². The van der Waals surface area contributed by atoms with Crippen LogP contribution in [0.25, 0.3) is 0 Å². The molecule has 152 valence electrons. The van der Waals surface area contributed by atoms with Crippen molar-refractivity contribution < 1.29 is 4.43 Å². The van der Waals surface area contributed by atoms with Crippen LogP contribution >= 0.6 is 0 Å². The molecular formula is C23H50OSi. The quantitative estimate of drug-likeness (QED) is 0.153. The van der Waals surface area contributed by atoms with Crippen LogP contribution in [0.4, 0.5) is 0 Å². The number of unbranched alkanes of at least 4 members (excludes halogenated alkanes) is 12. The van der Waals surface area contributed by atoms with Crippen LogP contribution in [0.1, 0.15) is 124 Å². The van der Waals surface area contributed by atoms with Gasteiger partial charge in [0.25, 0.3) is 0 Å². The lowest BCUT2D eigenvalue weighted by molar-refractivity contribution is 0.314. The van der Waals surface area contributed by atoms with Crippen LogP contribution in [-0.2, 0) is 4.43 Å². The van der Waals surface area contributed by atoms with Crippen molar-refractivity contribution in [3.8, 4) is 0 Å². The topological polar surface area (TPSA) is 9.23 Å². The van der Waals surface area contributed by atoms with Crippen molar-refractivity contribution in [3.05, 3.63) is 0 Å². The van der Waals surface area contributed by atoms with Gasteiger partial charge in [0.15, 0.2) is 8.32 Å². The maximum atomic E-state index is 6.50. The zero-order valence-corrected chi connectivity index (χ0v) is 19.3. The minimum absolute atomic E-state index is 0.944. The molecule has 0 aromatic carbocycles. The molecular weight excluding hydrogens is 320 g/mol. The van der Waals surface area contributed by atoms with Gasteiger partial charge in [0, 0.05) is 6.61 Å². The van der Waals surface area contributed by atoms with Crippen LogP contribution in [0, 0.1) is 0 Å². The van der Waals surface area contributed by atoms with E-state index in [1.54, 1.807) is 0 Å². The first kappa shape index (κ1) is 25.2. The normalized spacial score (nSPS) is 13.9. The third kappa shape index (κ3) is 15.0. The summed E-state index contributed by atoms with van der Waals surface area (Å²) in [6, 6.07) is 4.25. The summed E-state index contributed by atoms with van der Waals surface area (Å²) >= 11 is 0. The fourth-order valence-corrected chi connectivity index (χ4v) is 8.66. The highest BCUT2D eigenvalue weighted by molar-refractivity contribution is 6.73. The van der Waals surface area contributed by atoms with E-state index in [4.69, 9.17) is 4.43 Å². The summed E-state index contributed by atoms with van der Waals surface area (Å²) in [7, 11) is -1.45. The highest BCUT2D eigenvalue weighted by Crippen LogP contribution is 2.30. The zero-order valence-electron chi connectivity index (χ0n) is 18.3. The fraction of sp³-hybridized carbons (Fsp3) is 1.00. The second-order valence-corrected chi connectivity index (χ2v) is 12.3. The largest absolute Gasteiger partial charge is 0.417 e. The maximum Gasteiger partial charge on any atom is 0.192 e. The zero-order chi connectivity index (χ0) is 18.6. The van der Waals surface area contributed by atoms with Gasteiger partial charge >= 0.3 is 0 Å². The number of rotatable bonds is 20. The fourth-order valence-electron chi connectivity index (χ4n) is 4.16. The molecule has 0 spiro atoms. The molecule has 0 aliphatic carbocycles. The Balaban J connectivity index is 4.04. The predicted octanol–water partition coefficient (Wildman–Crippen LogP) is 8.88. The lowest BCUT2D eigenvalue weighted by Gasteiger charge is -2.31. The van der Waals surface area contributed by atoms with E-state index in [0.717, 1.165) is 6.61 Å². The van der Waals surface area contributed by atoms with Gasteiger partial charge in [0.05, 0.1) is 0 Å². The smallest absolute Gasteiger partial charge is 0.192 e. The minimum Gasteiger partial charge on any atom is -0.417 e. The van der Waals surface area contributed by atoms with Gasteiger partial charge in [-0.15, -0.1) is 0 Å². The van der Waals surface area contributed by atoms with Gasteiger partial charge in [-0.2, -0.15) is 0 Å². The van der Waals surface area contributed by atoms with E-state index >= 15 is 0 Å². The van der Waals surface area contributed by atoms with Crippen molar-refractivity contribution in [3.63, 3.8) is 0 Å². The van der Waals surface area contributed by atoms with E-state index in [9.17, 15) is 0 Å². The molecule has 2 heteroatoms. The summed E-state index contributed by atoms with van der Waals surface area (Å²) in [5.74, 6) is 0. The van der Waals surface area contributed by atoms with Crippen molar-refractivity contribution >= 4 is 8.32 Å². The first-order chi connectivity index (χ1) is 12.2. The molecule has 25 heavy (non-hydrogen) atoms. The Morgan fingerprint density at radius 2 is 0.840 bits per heavy atom. The first-order valence-corrected chi connectivity index (χ1v) is 14.4. The summed E-state index contributed by atoms with van der Waals surface area (Å²) in [5.41, 5.74) is 0. The number of hydrogen-bond acceptors (Lipinski definition) is 1. The molecule has 0 aliphatic rings. The van der Waals surface area contributed by atoms with Gasteiger partial charge in [-0.3, -0.25) is 0 Å². The monoisotopic (exact) mass is 370 g/mol. The summed E-state index contributed by atoms with van der Waals surface area (Å²) in [6.45, 7) is 10.1. The summed E-state index contributed by atoms with van der Waals surface area (Å²) < 4.78 is 6.50. The molecule has 1 nitrogen and oxygen atoms in total. The van der Waals surface area contributed by atoms with E-state index in [-0.39, 0.29) is 0 Å². The first-order valence-electron chi connectivity index (χ1n) is 11.9. The molecule has 1 atom stereocenters. The molecule has 0 aromatic rings. The van der Waals surface area contributed by atoms with Gasteiger partial charge in [0.2, 0.25) is 0 Å². The third-order valence-electron chi connectivity index (χ3n) is 5.63. The molecule has 0 saturated heterocycles. The SMILES string of the molecule is CCCCCCCCCC[Si](CCC)(CCCCCCCC)OCC. The van der Waals surface area contributed by atoms with E-state index in [2.05, 4.69) is 27.7 Å². The molecule has 0 aliphatic heterocycles. The highest BCUT2D eigenvalue weighted by Gasteiger charge is 2.32. The van der Waals surface area contributed by atoms with E-state index in [1.165, 1.54) is 114 Å². The maximum absolute atomic E-state index is 6.50. The van der Waals surface area contributed by atoms with Crippen molar-refractivity contribution in [1.82, 2.24) is 0 Å². The third-order valence-corrected chi connectivity index (χ3v) is 10.5. The highest BCUT2D eigenvalue weighted by atomic mass is 28.4. The Bertz CT molecular complexity index is 248. The van der Waals surface area contributed by atoms with Crippen LogP contribution in [0.2, 0.25) is 18.1 Å². The average Bonchev–Trinajstić information content (AvgIpc) is 2.61. The van der Waals surface area contributed by atoms with Crippen molar-refractivity contribution in [2.24, 2.45) is 0 Å². The molecule has 0 amide bonds. The average molecular weight is 371 g/mol. The molecule has 0 saturated carbocycles. The molecule has 0 fully saturated rings. The summed E-state index contributed by atoms with van der Waals surface area (Å²) in [5, 5.41) is 0. The molecule has 0 aromatic heterocycles. The Morgan fingerprint density at radius 1 is 0.440 bits per heavy atom. The molecule has 0 bridgehead atoms. The Hall–Kier alpha value is 0.177. The van der Waals surface area contributed by atoms with Gasteiger partial charge in [-0.05, 0) is 25.1 Å². The van der Waals surface area contributed by atoms with E-state index < -0.39 is 8.32 Å². The number of hydrogen-bond donors (Lipinski definition) is 0. The van der Waals surface area contributed by atoms with Crippen LogP contribution in [-0.4, -0.2) is 14.9 Å². The standard InChI is InChI=1S/C23H50OSi/c1-5-9-11-13-15-16-18-20-23-25(21-7-3,24-8-4)22-19-17-14-12-10-6-2/h5-23H2,1-4H3. The molecule has 1 unspecified atom stereocenters. The second kappa shape index (κ2) is 19.0. The van der Waals surface area contributed by atoms with E-state index in [1.807, 2.05) is 0 Å². The molecule has 0 radical (unpaired) electrons. The Kier molecular flexibility index (Phi) is 19.1. The predicted molar refractivity (Wildman–Crippen MR) is 118 cm³/mol. The lowest BCUT2D eigenvalue weighted by atomic mass is 10.1. The second-order valence-electron chi connectivity index (χ2n) is 8.11. The van der Waals surface area contributed by atoms with Crippen molar-refractivity contribution in [1.29, 1.82) is 0 Å². The molecule has 0 rings (SSSR count). The minimum atomic E-state index is -1.45. The van der Waals surface area contributed by atoms with Crippen LogP contribution in [0.3, 0.4) is 0 Å². The lowest BCUT2D eigenvalue weighted by Crippen LogP contribution is -2.38.